The molecular formula is C15H23ClN2O3. The summed E-state index contributed by atoms with van der Waals surface area (Å²) in [6, 6.07) is 3.56. The number of nitrogens with one attached hydrogen (secondary N) is 1. The fourth-order valence-corrected chi connectivity index (χ4v) is 1.98. The number of ether oxygens (including phenoxy) is 2. The van der Waals surface area contributed by atoms with Gasteiger partial charge in [-0.15, -0.1) is 0 Å². The summed E-state index contributed by atoms with van der Waals surface area (Å²) in [5.41, 5.74) is 6.43. The second-order valence-electron chi connectivity index (χ2n) is 4.89. The van der Waals surface area contributed by atoms with Crippen LogP contribution in [0.3, 0.4) is 0 Å². The number of amides is 1. The molecule has 0 saturated carbocycles. The first-order valence-electron chi connectivity index (χ1n) is 6.96. The van der Waals surface area contributed by atoms with Gasteiger partial charge in [0.15, 0.2) is 17.6 Å². The van der Waals surface area contributed by atoms with Gasteiger partial charge in [0.1, 0.15) is 0 Å². The molecule has 0 fully saturated rings. The van der Waals surface area contributed by atoms with Crippen molar-refractivity contribution in [3.05, 3.63) is 22.7 Å². The van der Waals surface area contributed by atoms with Gasteiger partial charge in [-0.1, -0.05) is 18.5 Å². The predicted octanol–water partition coefficient (Wildman–Crippen LogP) is 2.49. The molecule has 1 amide bonds. The number of halogens is 1. The highest BCUT2D eigenvalue weighted by Crippen LogP contribution is 2.37. The van der Waals surface area contributed by atoms with Gasteiger partial charge in [0.25, 0.3) is 5.91 Å². The molecule has 0 aliphatic rings. The van der Waals surface area contributed by atoms with Crippen LogP contribution in [0.2, 0.25) is 5.02 Å². The zero-order chi connectivity index (χ0) is 16.0. The Morgan fingerprint density at radius 3 is 2.62 bits per heavy atom. The fourth-order valence-electron chi connectivity index (χ4n) is 1.70. The van der Waals surface area contributed by atoms with E-state index in [0.717, 1.165) is 12.0 Å². The minimum absolute atomic E-state index is 0.0977. The van der Waals surface area contributed by atoms with Crippen LogP contribution < -0.4 is 20.5 Å². The molecule has 1 aromatic carbocycles. The molecule has 0 saturated heterocycles. The zero-order valence-electron chi connectivity index (χ0n) is 12.9. The lowest BCUT2D eigenvalue weighted by Gasteiger charge is -2.20. The highest BCUT2D eigenvalue weighted by molar-refractivity contribution is 6.32. The predicted molar refractivity (Wildman–Crippen MR) is 83.9 cm³/mol. The van der Waals surface area contributed by atoms with Crippen molar-refractivity contribution in [1.82, 2.24) is 5.32 Å². The van der Waals surface area contributed by atoms with E-state index >= 15 is 0 Å². The van der Waals surface area contributed by atoms with Gasteiger partial charge in [0.2, 0.25) is 0 Å². The van der Waals surface area contributed by atoms with E-state index in [1.807, 2.05) is 13.8 Å². The lowest BCUT2D eigenvalue weighted by atomic mass is 10.2. The fraction of sp³-hybridized carbons (Fsp3) is 0.533. The summed E-state index contributed by atoms with van der Waals surface area (Å²) >= 11 is 6.18. The van der Waals surface area contributed by atoms with Gasteiger partial charge >= 0.3 is 0 Å². The van der Waals surface area contributed by atoms with E-state index in [1.165, 1.54) is 7.11 Å². The highest BCUT2D eigenvalue weighted by Gasteiger charge is 2.20. The van der Waals surface area contributed by atoms with Crippen molar-refractivity contribution in [2.24, 2.45) is 5.73 Å². The number of nitrogens with two attached hydrogens (primary N) is 1. The third-order valence-corrected chi connectivity index (χ3v) is 3.47. The molecule has 0 heterocycles. The quantitative estimate of drug-likeness (QED) is 0.811. The highest BCUT2D eigenvalue weighted by atomic mass is 35.5. The van der Waals surface area contributed by atoms with E-state index in [4.69, 9.17) is 26.8 Å². The number of methoxy groups -OCH3 is 1. The number of carbonyl (C=O) groups excluding carboxylic acids is 1. The Morgan fingerprint density at radius 1 is 1.43 bits per heavy atom. The molecule has 1 rings (SSSR count). The van der Waals surface area contributed by atoms with Crippen LogP contribution in [0, 0.1) is 0 Å². The number of hydrogen-bond acceptors (Lipinski definition) is 4. The average Bonchev–Trinajstić information content (AvgIpc) is 2.48. The monoisotopic (exact) mass is 314 g/mol. The summed E-state index contributed by atoms with van der Waals surface area (Å²) in [6.07, 6.45) is 0.183. The number of hydrogen-bond donors (Lipinski definition) is 2. The molecular weight excluding hydrogens is 292 g/mol. The first-order valence-corrected chi connectivity index (χ1v) is 7.34. The minimum atomic E-state index is -0.672. The molecule has 21 heavy (non-hydrogen) atoms. The Morgan fingerprint density at radius 2 is 2.10 bits per heavy atom. The van der Waals surface area contributed by atoms with E-state index in [9.17, 15) is 4.79 Å². The topological polar surface area (TPSA) is 73.6 Å². The summed E-state index contributed by atoms with van der Waals surface area (Å²) in [5.74, 6) is 0.625. The van der Waals surface area contributed by atoms with E-state index in [-0.39, 0.29) is 11.9 Å². The lowest BCUT2D eigenvalue weighted by Crippen LogP contribution is -2.41. The van der Waals surface area contributed by atoms with E-state index in [1.54, 1.807) is 19.1 Å². The molecule has 0 aliphatic heterocycles. The van der Waals surface area contributed by atoms with Gasteiger partial charge < -0.3 is 20.5 Å². The minimum Gasteiger partial charge on any atom is -0.493 e. The van der Waals surface area contributed by atoms with Gasteiger partial charge in [-0.3, -0.25) is 4.79 Å². The maximum absolute atomic E-state index is 12.0. The molecule has 3 N–H and O–H groups in total. The summed E-state index contributed by atoms with van der Waals surface area (Å²) in [5, 5.41) is 3.23. The van der Waals surface area contributed by atoms with Crippen LogP contribution in [0.1, 0.15) is 32.8 Å². The van der Waals surface area contributed by atoms with Gasteiger partial charge in [0, 0.05) is 12.6 Å². The summed E-state index contributed by atoms with van der Waals surface area (Å²) in [7, 11) is 1.52. The van der Waals surface area contributed by atoms with E-state index < -0.39 is 6.10 Å². The van der Waals surface area contributed by atoms with Gasteiger partial charge in [-0.2, -0.15) is 0 Å². The standard InChI is InChI=1S/C15H23ClN2O3/c1-5-9(2)18-15(19)10(3)21-14-12(16)6-11(8-17)7-13(14)20-4/h6-7,9-10H,5,8,17H2,1-4H3,(H,18,19). The maximum atomic E-state index is 12.0. The molecule has 0 aromatic heterocycles. The Hall–Kier alpha value is -1.46. The van der Waals surface area contributed by atoms with Crippen molar-refractivity contribution in [2.45, 2.75) is 45.9 Å². The lowest BCUT2D eigenvalue weighted by molar-refractivity contribution is -0.127. The molecule has 118 valence electrons. The molecule has 2 unspecified atom stereocenters. The van der Waals surface area contributed by atoms with Crippen LogP contribution in [-0.2, 0) is 11.3 Å². The van der Waals surface area contributed by atoms with E-state index in [2.05, 4.69) is 5.32 Å². The first kappa shape index (κ1) is 17.6. The summed E-state index contributed by atoms with van der Waals surface area (Å²) in [6.45, 7) is 5.96. The third-order valence-electron chi connectivity index (χ3n) is 3.19. The smallest absolute Gasteiger partial charge is 0.260 e. The Balaban J connectivity index is 2.89. The van der Waals surface area contributed by atoms with Crippen molar-refractivity contribution >= 4 is 17.5 Å². The molecule has 0 spiro atoms. The second kappa shape index (κ2) is 8.10. The Kier molecular flexibility index (Phi) is 6.78. The normalized spacial score (nSPS) is 13.4. The van der Waals surface area contributed by atoms with Gasteiger partial charge in [0.05, 0.1) is 12.1 Å². The molecule has 0 bridgehead atoms. The van der Waals surface area contributed by atoms with Crippen LogP contribution in [0.25, 0.3) is 0 Å². The second-order valence-corrected chi connectivity index (χ2v) is 5.30. The molecule has 0 aliphatic carbocycles. The SMILES string of the molecule is CCC(C)NC(=O)C(C)Oc1c(Cl)cc(CN)cc1OC. The van der Waals surface area contributed by atoms with E-state index in [0.29, 0.717) is 23.1 Å². The van der Waals surface area contributed by atoms with Crippen molar-refractivity contribution in [2.75, 3.05) is 7.11 Å². The third kappa shape index (κ3) is 4.79. The average molecular weight is 315 g/mol. The van der Waals surface area contributed by atoms with Crippen molar-refractivity contribution in [1.29, 1.82) is 0 Å². The largest absolute Gasteiger partial charge is 0.493 e. The van der Waals surface area contributed by atoms with Crippen LogP contribution >= 0.6 is 11.6 Å². The number of carbonyl (C=O) groups is 1. The maximum Gasteiger partial charge on any atom is 0.260 e. The molecule has 2 atom stereocenters. The number of benzene rings is 1. The first-order chi connectivity index (χ1) is 9.92. The molecule has 0 radical (unpaired) electrons. The van der Waals surface area contributed by atoms with Gasteiger partial charge in [-0.25, -0.2) is 0 Å². The Labute approximate surface area is 130 Å². The van der Waals surface area contributed by atoms with Gasteiger partial charge in [-0.05, 0) is 38.0 Å². The van der Waals surface area contributed by atoms with Crippen LogP contribution in [0.4, 0.5) is 0 Å². The summed E-state index contributed by atoms with van der Waals surface area (Å²) < 4.78 is 10.9. The van der Waals surface area contributed by atoms with Crippen molar-refractivity contribution in [3.63, 3.8) is 0 Å². The molecule has 5 nitrogen and oxygen atoms in total. The van der Waals surface area contributed by atoms with Crippen molar-refractivity contribution < 1.29 is 14.3 Å². The molecule has 1 aromatic rings. The Bertz CT molecular complexity index is 494. The molecule has 6 heteroatoms. The van der Waals surface area contributed by atoms with Crippen LogP contribution in [-0.4, -0.2) is 25.2 Å². The number of rotatable bonds is 7. The zero-order valence-corrected chi connectivity index (χ0v) is 13.7. The summed E-state index contributed by atoms with van der Waals surface area (Å²) in [4.78, 5) is 12.0. The van der Waals surface area contributed by atoms with Crippen molar-refractivity contribution in [3.8, 4) is 11.5 Å². The van der Waals surface area contributed by atoms with Crippen LogP contribution in [0.15, 0.2) is 12.1 Å². The van der Waals surface area contributed by atoms with Crippen LogP contribution in [0.5, 0.6) is 11.5 Å².